The van der Waals surface area contributed by atoms with Crippen LogP contribution < -0.4 is 0 Å². The van der Waals surface area contributed by atoms with Gasteiger partial charge in [-0.15, -0.1) is 70.8 Å². The Morgan fingerprint density at radius 1 is 0.557 bits per heavy atom. The Morgan fingerprint density at radius 3 is 1.89 bits per heavy atom. The van der Waals surface area contributed by atoms with Crippen LogP contribution in [0, 0.1) is 26.0 Å². The van der Waals surface area contributed by atoms with Gasteiger partial charge in [0, 0.05) is 54.6 Å². The number of pyridine rings is 2. The van der Waals surface area contributed by atoms with Gasteiger partial charge in [-0.2, -0.15) is 8.75 Å². The molecular formula is C53H36IrN4O2S-2. The molecule has 6 nitrogen and oxygen atoms in total. The molecular weight excluding hydrogens is 949 g/mol. The first-order valence-corrected chi connectivity index (χ1v) is 20.8. The first-order chi connectivity index (χ1) is 29.5. The maximum atomic E-state index is 6.62. The fourth-order valence-electron chi connectivity index (χ4n) is 8.98. The minimum atomic E-state index is -0.153. The van der Waals surface area contributed by atoms with Gasteiger partial charge < -0.3 is 18.8 Å². The van der Waals surface area contributed by atoms with Crippen LogP contribution >= 0.6 is 11.7 Å². The van der Waals surface area contributed by atoms with Crippen molar-refractivity contribution in [3.8, 4) is 67.6 Å². The van der Waals surface area contributed by atoms with E-state index in [0.717, 1.165) is 86.1 Å². The number of aromatic nitrogens is 4. The molecule has 0 aliphatic heterocycles. The van der Waals surface area contributed by atoms with Gasteiger partial charge in [-0.25, -0.2) is 0 Å². The molecule has 1 spiro atoms. The van der Waals surface area contributed by atoms with Gasteiger partial charge >= 0.3 is 0 Å². The van der Waals surface area contributed by atoms with Gasteiger partial charge in [-0.1, -0.05) is 60.2 Å². The smallest absolute Gasteiger partial charge is 0.137 e. The summed E-state index contributed by atoms with van der Waals surface area (Å²) in [5.74, 6) is 3.26. The third-order valence-electron chi connectivity index (χ3n) is 11.8. The third kappa shape index (κ3) is 6.87. The zero-order valence-electron chi connectivity index (χ0n) is 33.3. The molecule has 5 heterocycles. The van der Waals surface area contributed by atoms with Gasteiger partial charge in [0.15, 0.2) is 0 Å². The van der Waals surface area contributed by atoms with Crippen LogP contribution in [0.5, 0.6) is 0 Å². The van der Waals surface area contributed by atoms with Crippen LogP contribution in [-0.2, 0) is 38.4 Å². The van der Waals surface area contributed by atoms with Crippen molar-refractivity contribution < 1.29 is 28.9 Å². The van der Waals surface area contributed by atoms with Gasteiger partial charge in [-0.3, -0.25) is 0 Å². The zero-order valence-corrected chi connectivity index (χ0v) is 36.5. The minimum Gasteiger partial charge on any atom is -0.461 e. The Hall–Kier alpha value is -6.57. The third-order valence-corrected chi connectivity index (χ3v) is 12.3. The molecule has 5 aromatic heterocycles. The van der Waals surface area contributed by atoms with Crippen molar-refractivity contribution in [2.75, 3.05) is 0 Å². The van der Waals surface area contributed by atoms with E-state index in [4.69, 9.17) is 8.83 Å². The SMILES string of the molecule is Cc1ccc2c(c1)C1(Cc3c[c-]c(-c4ccccn4)cc3C1)c1cc(-c3ccc(-c4ccc(-c5ccc(C)o5)c5nsnc45)o3)ccc1-2.[Ir].[c-]1ccccc1-c1ccccn1. The van der Waals surface area contributed by atoms with Gasteiger partial charge in [0.2, 0.25) is 0 Å². The van der Waals surface area contributed by atoms with Crippen molar-refractivity contribution >= 4 is 22.8 Å². The van der Waals surface area contributed by atoms with Crippen LogP contribution in [0.15, 0.2) is 167 Å². The van der Waals surface area contributed by atoms with E-state index >= 15 is 0 Å². The van der Waals surface area contributed by atoms with Gasteiger partial charge in [0.05, 0.1) is 11.7 Å². The van der Waals surface area contributed by atoms with E-state index in [2.05, 4.69) is 105 Å². The summed E-state index contributed by atoms with van der Waals surface area (Å²) in [4.78, 5) is 8.81. The van der Waals surface area contributed by atoms with Gasteiger partial charge in [0.1, 0.15) is 34.1 Å². The molecule has 1 atom stereocenters. The summed E-state index contributed by atoms with van der Waals surface area (Å²) in [6.07, 6.45) is 5.51. The fourth-order valence-corrected chi connectivity index (χ4v) is 9.55. The Morgan fingerprint density at radius 2 is 1.20 bits per heavy atom. The number of hydrogen-bond donors (Lipinski definition) is 0. The first-order valence-electron chi connectivity index (χ1n) is 20.0. The molecule has 61 heavy (non-hydrogen) atoms. The largest absolute Gasteiger partial charge is 0.461 e. The Balaban J connectivity index is 0.000000296. The van der Waals surface area contributed by atoms with E-state index in [1.165, 1.54) is 50.7 Å². The number of fused-ring (bicyclic) bond motifs is 7. The van der Waals surface area contributed by atoms with E-state index in [9.17, 15) is 0 Å². The van der Waals surface area contributed by atoms with Crippen LogP contribution in [-0.4, -0.2) is 18.7 Å². The molecule has 2 aliphatic rings. The van der Waals surface area contributed by atoms with Crippen molar-refractivity contribution in [1.29, 1.82) is 0 Å². The molecule has 1 radical (unpaired) electrons. The normalized spacial score (nSPS) is 14.5. The predicted octanol–water partition coefficient (Wildman–Crippen LogP) is 13.0. The molecule has 0 fully saturated rings. The summed E-state index contributed by atoms with van der Waals surface area (Å²) >= 11 is 1.20. The van der Waals surface area contributed by atoms with Crippen molar-refractivity contribution in [1.82, 2.24) is 18.7 Å². The van der Waals surface area contributed by atoms with Crippen molar-refractivity contribution in [2.24, 2.45) is 0 Å². The molecule has 10 aromatic rings. The molecule has 8 heteroatoms. The van der Waals surface area contributed by atoms with Crippen LogP contribution in [0.2, 0.25) is 0 Å². The second-order valence-electron chi connectivity index (χ2n) is 15.5. The minimum absolute atomic E-state index is 0. The number of furan rings is 2. The summed E-state index contributed by atoms with van der Waals surface area (Å²) < 4.78 is 21.8. The zero-order chi connectivity index (χ0) is 40.2. The monoisotopic (exact) mass is 985 g/mol. The number of hydrogen-bond acceptors (Lipinski definition) is 7. The van der Waals surface area contributed by atoms with Crippen molar-refractivity contribution in [3.63, 3.8) is 0 Å². The standard InChI is InChI=1S/C42H28N3O2S.C11H8N.Ir/c1-24-6-11-30-31-12-10-27(37-16-17-39(47-37)33-14-13-32(38-15-7-25(2)46-38)40-41(33)45-48-44-40)21-35(31)42(34(30)19-24)22-28-9-8-26(20-29(28)23-42)36-5-3-4-18-43-36;1-2-6-10(7-3-1)11-8-4-5-9-12-11;/h3-7,9-21H,22-23H2,1-2H3;1-6,8-9H;/q2*-1;. The molecule has 0 saturated heterocycles. The van der Waals surface area contributed by atoms with Crippen LogP contribution in [0.3, 0.4) is 0 Å². The molecule has 0 saturated carbocycles. The molecule has 5 aromatic carbocycles. The van der Waals surface area contributed by atoms with Gasteiger partial charge in [0.25, 0.3) is 0 Å². The average Bonchev–Trinajstić information content (AvgIpc) is 4.16. The van der Waals surface area contributed by atoms with Crippen molar-refractivity contribution in [3.05, 3.63) is 204 Å². The number of rotatable bonds is 5. The molecule has 1 unspecified atom stereocenters. The van der Waals surface area contributed by atoms with Crippen molar-refractivity contribution in [2.45, 2.75) is 32.1 Å². The van der Waals surface area contributed by atoms with E-state index in [1.54, 1.807) is 6.20 Å². The quantitative estimate of drug-likeness (QED) is 0.160. The Bertz CT molecular complexity index is 3160. The Labute approximate surface area is 371 Å². The molecule has 0 amide bonds. The molecule has 297 valence electrons. The molecule has 12 rings (SSSR count). The average molecular weight is 985 g/mol. The van der Waals surface area contributed by atoms with E-state index in [1.807, 2.05) is 92.0 Å². The van der Waals surface area contributed by atoms with Crippen LogP contribution in [0.4, 0.5) is 0 Å². The number of nitrogens with zero attached hydrogens (tertiary/aromatic N) is 4. The van der Waals surface area contributed by atoms with Gasteiger partial charge in [-0.05, 0) is 115 Å². The summed E-state index contributed by atoms with van der Waals surface area (Å²) in [5, 5.41) is 0. The number of aryl methyl sites for hydroxylation is 2. The first kappa shape index (κ1) is 38.6. The van der Waals surface area contributed by atoms with E-state index < -0.39 is 0 Å². The molecule has 0 N–H and O–H groups in total. The second kappa shape index (κ2) is 15.8. The Kier molecular flexibility index (Phi) is 10.00. The summed E-state index contributed by atoms with van der Waals surface area (Å²) in [6, 6.07) is 56.8. The van der Waals surface area contributed by atoms with E-state index in [-0.39, 0.29) is 25.5 Å². The summed E-state index contributed by atoms with van der Waals surface area (Å²) in [7, 11) is 0. The summed E-state index contributed by atoms with van der Waals surface area (Å²) in [6.45, 7) is 4.14. The maximum absolute atomic E-state index is 6.62. The fraction of sp³-hybridized carbons (Fsp3) is 0.0943. The topological polar surface area (TPSA) is 77.8 Å². The molecule has 2 aliphatic carbocycles. The summed E-state index contributed by atoms with van der Waals surface area (Å²) in [5.41, 5.74) is 17.8. The predicted molar refractivity (Wildman–Crippen MR) is 238 cm³/mol. The van der Waals surface area contributed by atoms with Crippen LogP contribution in [0.1, 0.15) is 33.6 Å². The number of benzene rings is 5. The molecule has 0 bridgehead atoms. The van der Waals surface area contributed by atoms with Crippen LogP contribution in [0.25, 0.3) is 78.6 Å². The van der Waals surface area contributed by atoms with E-state index in [0.29, 0.717) is 0 Å². The second-order valence-corrected chi connectivity index (χ2v) is 16.1. The maximum Gasteiger partial charge on any atom is 0.137 e.